The minimum absolute atomic E-state index is 0.0143. The number of hydrogen-bond donors (Lipinski definition) is 1. The molecule has 0 aliphatic heterocycles. The predicted molar refractivity (Wildman–Crippen MR) is 91.0 cm³/mol. The summed E-state index contributed by atoms with van der Waals surface area (Å²) in [5.41, 5.74) is 0.0761. The summed E-state index contributed by atoms with van der Waals surface area (Å²) in [5.74, 6) is -1.80. The van der Waals surface area contributed by atoms with Crippen LogP contribution in [0.5, 0.6) is 5.75 Å². The van der Waals surface area contributed by atoms with Crippen LogP contribution < -0.4 is 10.1 Å². The van der Waals surface area contributed by atoms with Crippen molar-refractivity contribution in [1.82, 2.24) is 0 Å². The largest absolute Gasteiger partial charge is 0.496 e. The van der Waals surface area contributed by atoms with E-state index in [2.05, 4.69) is 21.2 Å². The molecule has 0 unspecified atom stereocenters. The van der Waals surface area contributed by atoms with Crippen LogP contribution in [0.25, 0.3) is 0 Å². The van der Waals surface area contributed by atoms with Gasteiger partial charge in [-0.05, 0) is 36.4 Å². The molecule has 2 rings (SSSR count). The van der Waals surface area contributed by atoms with Crippen LogP contribution in [-0.4, -0.2) is 25.6 Å². The van der Waals surface area contributed by atoms with Crippen molar-refractivity contribution in [2.24, 2.45) is 0 Å². The van der Waals surface area contributed by atoms with Crippen molar-refractivity contribution in [3.63, 3.8) is 0 Å². The molecule has 2 aromatic carbocycles. The molecular weight excluding hydrogens is 405 g/mol. The Labute approximate surface area is 150 Å². The molecule has 126 valence electrons. The third-order valence-electron chi connectivity index (χ3n) is 2.92. The van der Waals surface area contributed by atoms with Gasteiger partial charge in [0.25, 0.3) is 5.91 Å². The lowest BCUT2D eigenvalue weighted by atomic mass is 10.2. The number of rotatable bonds is 5. The molecule has 2 aromatic rings. The van der Waals surface area contributed by atoms with Gasteiger partial charge in [-0.3, -0.25) is 4.79 Å². The Balaban J connectivity index is 1.99. The molecule has 0 aromatic heterocycles. The highest BCUT2D eigenvalue weighted by Crippen LogP contribution is 2.23. The highest BCUT2D eigenvalue weighted by atomic mass is 79.9. The summed E-state index contributed by atoms with van der Waals surface area (Å²) in [6.07, 6.45) is 0. The van der Waals surface area contributed by atoms with E-state index in [1.54, 1.807) is 12.1 Å². The molecular formula is C16H12BrClFNO4. The highest BCUT2D eigenvalue weighted by molar-refractivity contribution is 9.10. The minimum atomic E-state index is -0.777. The standard InChI is InChI=1S/C16H12BrClFNO4/c1-23-14-5-3-10(18)7-11(14)16(22)24-8-15(21)20-13-4-2-9(17)6-12(13)19/h2-7H,8H2,1H3,(H,20,21). The van der Waals surface area contributed by atoms with E-state index in [1.807, 2.05) is 0 Å². The number of methoxy groups -OCH3 is 1. The Bertz CT molecular complexity index is 785. The van der Waals surface area contributed by atoms with Crippen LogP contribution >= 0.6 is 27.5 Å². The fourth-order valence-corrected chi connectivity index (χ4v) is 2.33. The average molecular weight is 417 g/mol. The minimum Gasteiger partial charge on any atom is -0.496 e. The van der Waals surface area contributed by atoms with E-state index in [0.717, 1.165) is 0 Å². The Morgan fingerprint density at radius 1 is 1.25 bits per heavy atom. The van der Waals surface area contributed by atoms with Gasteiger partial charge in [-0.2, -0.15) is 0 Å². The topological polar surface area (TPSA) is 64.6 Å². The van der Waals surface area contributed by atoms with Crippen LogP contribution in [0.4, 0.5) is 10.1 Å². The number of benzene rings is 2. The molecule has 1 N–H and O–H groups in total. The van der Waals surface area contributed by atoms with Gasteiger partial charge in [0.1, 0.15) is 17.1 Å². The molecule has 24 heavy (non-hydrogen) atoms. The number of carbonyl (C=O) groups excluding carboxylic acids is 2. The van der Waals surface area contributed by atoms with Crippen LogP contribution in [0.15, 0.2) is 40.9 Å². The molecule has 8 heteroatoms. The second kappa shape index (κ2) is 8.12. The molecule has 0 spiro atoms. The lowest BCUT2D eigenvalue weighted by Crippen LogP contribution is -2.21. The fraction of sp³-hybridized carbons (Fsp3) is 0.125. The summed E-state index contributed by atoms with van der Waals surface area (Å²) >= 11 is 8.94. The summed E-state index contributed by atoms with van der Waals surface area (Å²) in [4.78, 5) is 23.8. The van der Waals surface area contributed by atoms with E-state index in [-0.39, 0.29) is 17.0 Å². The van der Waals surface area contributed by atoms with E-state index in [9.17, 15) is 14.0 Å². The number of anilines is 1. The third kappa shape index (κ3) is 4.69. The maximum Gasteiger partial charge on any atom is 0.342 e. The molecule has 0 aliphatic rings. The van der Waals surface area contributed by atoms with Crippen molar-refractivity contribution in [2.75, 3.05) is 19.0 Å². The maximum absolute atomic E-state index is 13.6. The molecule has 0 saturated carbocycles. The smallest absolute Gasteiger partial charge is 0.342 e. The van der Waals surface area contributed by atoms with Gasteiger partial charge in [0, 0.05) is 9.50 Å². The quantitative estimate of drug-likeness (QED) is 0.747. The normalized spacial score (nSPS) is 10.2. The van der Waals surface area contributed by atoms with Crippen molar-refractivity contribution < 1.29 is 23.5 Å². The predicted octanol–water partition coefficient (Wildman–Crippen LogP) is 4.05. The summed E-state index contributed by atoms with van der Waals surface area (Å²) in [6, 6.07) is 8.60. The average Bonchev–Trinajstić information content (AvgIpc) is 2.55. The van der Waals surface area contributed by atoms with E-state index in [1.165, 1.54) is 31.4 Å². The fourth-order valence-electron chi connectivity index (χ4n) is 1.83. The van der Waals surface area contributed by atoms with Gasteiger partial charge in [-0.25, -0.2) is 9.18 Å². The number of esters is 1. The van der Waals surface area contributed by atoms with Crippen molar-refractivity contribution in [3.8, 4) is 5.75 Å². The van der Waals surface area contributed by atoms with E-state index in [4.69, 9.17) is 21.1 Å². The third-order valence-corrected chi connectivity index (χ3v) is 3.65. The van der Waals surface area contributed by atoms with Crippen LogP contribution in [0.3, 0.4) is 0 Å². The number of hydrogen-bond acceptors (Lipinski definition) is 4. The Hall–Kier alpha value is -2.12. The highest BCUT2D eigenvalue weighted by Gasteiger charge is 2.16. The van der Waals surface area contributed by atoms with Crippen molar-refractivity contribution in [3.05, 3.63) is 57.3 Å². The van der Waals surface area contributed by atoms with Gasteiger partial charge < -0.3 is 14.8 Å². The lowest BCUT2D eigenvalue weighted by Gasteiger charge is -2.10. The maximum atomic E-state index is 13.6. The summed E-state index contributed by atoms with van der Waals surface area (Å²) in [7, 11) is 1.39. The number of halogens is 3. The van der Waals surface area contributed by atoms with E-state index < -0.39 is 24.3 Å². The van der Waals surface area contributed by atoms with Gasteiger partial charge in [0.2, 0.25) is 0 Å². The van der Waals surface area contributed by atoms with Gasteiger partial charge >= 0.3 is 5.97 Å². The van der Waals surface area contributed by atoms with Crippen LogP contribution in [-0.2, 0) is 9.53 Å². The van der Waals surface area contributed by atoms with Crippen molar-refractivity contribution >= 4 is 45.1 Å². The van der Waals surface area contributed by atoms with E-state index >= 15 is 0 Å². The summed E-state index contributed by atoms with van der Waals surface area (Å²) < 4.78 is 24.1. The summed E-state index contributed by atoms with van der Waals surface area (Å²) in [5, 5.41) is 2.64. The van der Waals surface area contributed by atoms with Gasteiger partial charge in [-0.15, -0.1) is 0 Å². The second-order valence-corrected chi connectivity index (χ2v) is 5.95. The molecule has 0 radical (unpaired) electrons. The molecule has 5 nitrogen and oxygen atoms in total. The molecule has 0 fully saturated rings. The van der Waals surface area contributed by atoms with Gasteiger partial charge in [0.15, 0.2) is 6.61 Å². The van der Waals surface area contributed by atoms with Crippen LogP contribution in [0.1, 0.15) is 10.4 Å². The zero-order chi connectivity index (χ0) is 17.7. The number of amides is 1. The zero-order valence-electron chi connectivity index (χ0n) is 12.4. The second-order valence-electron chi connectivity index (χ2n) is 4.59. The molecule has 1 amide bonds. The first kappa shape index (κ1) is 18.2. The molecule has 0 atom stereocenters. The summed E-state index contributed by atoms with van der Waals surface area (Å²) in [6.45, 7) is -0.579. The zero-order valence-corrected chi connectivity index (χ0v) is 14.8. The molecule has 0 heterocycles. The van der Waals surface area contributed by atoms with Crippen LogP contribution in [0.2, 0.25) is 5.02 Å². The van der Waals surface area contributed by atoms with Crippen LogP contribution in [0, 0.1) is 5.82 Å². The first-order chi connectivity index (χ1) is 11.4. The van der Waals surface area contributed by atoms with Gasteiger partial charge in [0.05, 0.1) is 12.8 Å². The first-order valence-corrected chi connectivity index (χ1v) is 7.83. The Morgan fingerprint density at radius 2 is 2.00 bits per heavy atom. The van der Waals surface area contributed by atoms with Gasteiger partial charge in [-0.1, -0.05) is 27.5 Å². The molecule has 0 saturated heterocycles. The number of ether oxygens (including phenoxy) is 2. The Kier molecular flexibility index (Phi) is 6.16. The first-order valence-electron chi connectivity index (χ1n) is 6.66. The number of nitrogens with one attached hydrogen (secondary N) is 1. The number of carbonyl (C=O) groups is 2. The van der Waals surface area contributed by atoms with Crippen molar-refractivity contribution in [1.29, 1.82) is 0 Å². The van der Waals surface area contributed by atoms with Crippen molar-refractivity contribution in [2.45, 2.75) is 0 Å². The molecule has 0 aliphatic carbocycles. The SMILES string of the molecule is COc1ccc(Cl)cc1C(=O)OCC(=O)Nc1ccc(Br)cc1F. The lowest BCUT2D eigenvalue weighted by molar-refractivity contribution is -0.119. The Morgan fingerprint density at radius 3 is 2.67 bits per heavy atom. The van der Waals surface area contributed by atoms with E-state index in [0.29, 0.717) is 9.50 Å². The molecule has 0 bridgehead atoms. The monoisotopic (exact) mass is 415 g/mol.